The molecule has 0 saturated carbocycles. The third kappa shape index (κ3) is 7.50. The molecule has 13 heteroatoms. The molecule has 1 aromatic heterocycles. The van der Waals surface area contributed by atoms with Crippen LogP contribution >= 0.6 is 8.58 Å². The summed E-state index contributed by atoms with van der Waals surface area (Å²) in [6.07, 6.45) is -4.58. The van der Waals surface area contributed by atoms with Crippen LogP contribution in [0.4, 0.5) is 22.0 Å². The van der Waals surface area contributed by atoms with Crippen molar-refractivity contribution >= 4 is 31.9 Å². The molecule has 0 fully saturated rings. The van der Waals surface area contributed by atoms with Crippen molar-refractivity contribution in [3.05, 3.63) is 39.7 Å². The second-order valence-corrected chi connectivity index (χ2v) is 7.57. The molecule has 1 atom stereocenters. The predicted molar refractivity (Wildman–Crippen MR) is 119 cm³/mol. The van der Waals surface area contributed by atoms with Crippen LogP contribution in [0, 0.1) is 6.92 Å². The van der Waals surface area contributed by atoms with Gasteiger partial charge in [0.25, 0.3) is 5.96 Å². The Balaban J connectivity index is 1.82. The van der Waals surface area contributed by atoms with Crippen LogP contribution in [0.25, 0.3) is 11.0 Å². The van der Waals surface area contributed by atoms with Gasteiger partial charge in [0.2, 0.25) is 0 Å². The van der Waals surface area contributed by atoms with Crippen LogP contribution in [0.2, 0.25) is 0 Å². The van der Waals surface area contributed by atoms with E-state index >= 15 is 0 Å². The second kappa shape index (κ2) is 12.8. The lowest BCUT2D eigenvalue weighted by atomic mass is 10.0. The fourth-order valence-corrected chi connectivity index (χ4v) is 2.99. The van der Waals surface area contributed by atoms with E-state index in [-0.39, 0.29) is 29.9 Å². The van der Waals surface area contributed by atoms with Crippen LogP contribution in [-0.4, -0.2) is 64.8 Å². The van der Waals surface area contributed by atoms with Crippen LogP contribution in [0.5, 0.6) is 5.75 Å². The highest BCUT2D eigenvalue weighted by Gasteiger charge is 2.61. The van der Waals surface area contributed by atoms with E-state index in [4.69, 9.17) is 23.4 Å². The molecule has 0 amide bonds. The van der Waals surface area contributed by atoms with Crippen molar-refractivity contribution in [2.24, 2.45) is 0 Å². The highest BCUT2D eigenvalue weighted by molar-refractivity contribution is 7.54. The lowest BCUT2D eigenvalue weighted by molar-refractivity contribution is -0.290. The molecule has 1 unspecified atom stereocenters. The molecule has 0 aliphatic heterocycles. The Morgan fingerprint density at radius 3 is 2.32 bits per heavy atom. The highest BCUT2D eigenvalue weighted by atomic mass is 31.1. The Morgan fingerprint density at radius 1 is 1.03 bits per heavy atom. The molecule has 0 radical (unpaired) electrons. The molecule has 2 aromatic rings. The Bertz CT molecular complexity index is 1070. The minimum Gasteiger partial charge on any atom is -0.491 e. The first-order valence-corrected chi connectivity index (χ1v) is 11.6. The number of alkyl halides is 5. The summed E-state index contributed by atoms with van der Waals surface area (Å²) >= 11 is 0. The Labute approximate surface area is 193 Å². The summed E-state index contributed by atoms with van der Waals surface area (Å²) in [7, 11) is 0.613. The van der Waals surface area contributed by atoms with Gasteiger partial charge >= 0.3 is 24.1 Å². The zero-order valence-electron chi connectivity index (χ0n) is 18.4. The molecule has 0 aliphatic carbocycles. The maximum absolute atomic E-state index is 13.8. The van der Waals surface area contributed by atoms with E-state index in [0.717, 1.165) is 6.92 Å². The van der Waals surface area contributed by atoms with Gasteiger partial charge in [-0.3, -0.25) is 0 Å². The van der Waals surface area contributed by atoms with Gasteiger partial charge in [-0.2, -0.15) is 22.0 Å². The number of rotatable bonds is 13. The van der Waals surface area contributed by atoms with E-state index in [1.165, 1.54) is 24.6 Å². The second-order valence-electron chi connectivity index (χ2n) is 6.74. The fourth-order valence-electron chi connectivity index (χ4n) is 2.78. The number of aryl methyl sites for hydroxylation is 1. The van der Waals surface area contributed by atoms with E-state index in [9.17, 15) is 26.7 Å². The highest BCUT2D eigenvalue weighted by Crippen LogP contribution is 2.44. The van der Waals surface area contributed by atoms with E-state index < -0.39 is 28.9 Å². The first-order chi connectivity index (χ1) is 16.1. The predicted octanol–water partition coefficient (Wildman–Crippen LogP) is 3.62. The summed E-state index contributed by atoms with van der Waals surface area (Å²) in [6.45, 7) is 4.71. The Hall–Kier alpha value is -2.52. The number of ether oxygens (including phenoxy) is 4. The standard InChI is InChI=1S/C21H24F5NO6P/c1-14-16-4-3-15(11-17(16)33-19(28)18(14)20(22,23)21(24,25)26)32-10-9-30-6-5-29-7-8-31-12-27-13-34-2/h3-4,11-13,34H,5-10H2,1-2H3/q+1. The van der Waals surface area contributed by atoms with Crippen LogP contribution < -0.4 is 15.0 Å². The van der Waals surface area contributed by atoms with Crippen LogP contribution in [0.1, 0.15) is 11.1 Å². The first kappa shape index (κ1) is 27.7. The molecule has 0 saturated heterocycles. The van der Waals surface area contributed by atoms with Crippen molar-refractivity contribution in [2.75, 3.05) is 46.3 Å². The lowest BCUT2D eigenvalue weighted by Crippen LogP contribution is -2.38. The van der Waals surface area contributed by atoms with E-state index in [1.807, 2.05) is 6.66 Å². The van der Waals surface area contributed by atoms with Gasteiger partial charge in [0.15, 0.2) is 0 Å². The van der Waals surface area contributed by atoms with E-state index in [0.29, 0.717) is 35.0 Å². The van der Waals surface area contributed by atoms with Gasteiger partial charge in [-0.05, 0) is 39.9 Å². The molecule has 1 heterocycles. The summed E-state index contributed by atoms with van der Waals surface area (Å²) in [4.78, 5) is 11.9. The van der Waals surface area contributed by atoms with Gasteiger partial charge in [-0.1, -0.05) is 4.67 Å². The number of benzene rings is 1. The maximum atomic E-state index is 13.8. The fraction of sp³-hybridized carbons (Fsp3) is 0.476. The first-order valence-electron chi connectivity index (χ1n) is 10.0. The molecule has 0 aliphatic rings. The molecular formula is C21H24F5NO6P+. The molecule has 34 heavy (non-hydrogen) atoms. The van der Waals surface area contributed by atoms with Crippen LogP contribution in [0.3, 0.4) is 0 Å². The van der Waals surface area contributed by atoms with Crippen LogP contribution in [0.15, 0.2) is 27.4 Å². The summed E-state index contributed by atoms with van der Waals surface area (Å²) in [5.74, 6) is -3.37. The third-order valence-electron chi connectivity index (χ3n) is 4.36. The molecular weight excluding hydrogens is 488 g/mol. The number of fused-ring (bicyclic) bond motifs is 1. The third-order valence-corrected chi connectivity index (χ3v) is 4.77. The molecule has 2 rings (SSSR count). The number of hydrogen-bond donors (Lipinski definition) is 0. The summed E-state index contributed by atoms with van der Waals surface area (Å²) in [5, 5.41) is -0.0570. The van der Waals surface area contributed by atoms with Crippen LogP contribution in [-0.2, 0) is 20.1 Å². The zero-order valence-corrected chi connectivity index (χ0v) is 19.4. The Kier molecular flexibility index (Phi) is 10.4. The average Bonchev–Trinajstić information content (AvgIpc) is 2.75. The quantitative estimate of drug-likeness (QED) is 0.0776. The van der Waals surface area contributed by atoms with Crippen molar-refractivity contribution in [1.82, 2.24) is 4.67 Å². The Morgan fingerprint density at radius 2 is 1.68 bits per heavy atom. The van der Waals surface area contributed by atoms with Gasteiger partial charge in [0.1, 0.15) is 30.1 Å². The molecule has 0 bridgehead atoms. The van der Waals surface area contributed by atoms with Crippen molar-refractivity contribution in [3.8, 4) is 5.75 Å². The number of halogens is 5. The summed E-state index contributed by atoms with van der Waals surface area (Å²) in [6, 6.07) is 3.86. The molecule has 0 N–H and O–H groups in total. The van der Waals surface area contributed by atoms with Gasteiger partial charge in [-0.15, -0.1) is 0 Å². The average molecular weight is 512 g/mol. The van der Waals surface area contributed by atoms with E-state index in [1.54, 1.807) is 5.96 Å². The smallest absolute Gasteiger partial charge is 0.458 e. The molecule has 1 aromatic carbocycles. The van der Waals surface area contributed by atoms with Crippen molar-refractivity contribution in [2.45, 2.75) is 19.0 Å². The normalized spacial score (nSPS) is 12.2. The van der Waals surface area contributed by atoms with Gasteiger partial charge < -0.3 is 23.4 Å². The topological polar surface area (TPSA) is 81.2 Å². The molecule has 188 valence electrons. The largest absolute Gasteiger partial charge is 0.491 e. The monoisotopic (exact) mass is 512 g/mol. The number of hydrogen-bond acceptors (Lipinski definition) is 6. The van der Waals surface area contributed by atoms with Crippen molar-refractivity contribution < 1.29 is 45.3 Å². The van der Waals surface area contributed by atoms with Gasteiger partial charge in [-0.25, -0.2) is 4.79 Å². The molecule has 0 spiro atoms. The zero-order chi connectivity index (χ0) is 25.2. The van der Waals surface area contributed by atoms with Gasteiger partial charge in [0, 0.05) is 11.5 Å². The van der Waals surface area contributed by atoms with E-state index in [2.05, 4.69) is 4.67 Å². The maximum Gasteiger partial charge on any atom is 0.458 e. The van der Waals surface area contributed by atoms with Crippen molar-refractivity contribution in [3.63, 3.8) is 0 Å². The summed E-state index contributed by atoms with van der Waals surface area (Å²) in [5.41, 5.74) is -4.17. The molecule has 7 nitrogen and oxygen atoms in total. The minimum atomic E-state index is -5.93. The summed E-state index contributed by atoms with van der Waals surface area (Å²) < 4.78 is 95.5. The number of nitrogens with zero attached hydrogens (tertiary/aromatic N) is 1. The lowest BCUT2D eigenvalue weighted by Gasteiger charge is -2.20. The SMILES string of the molecule is CPC=[N+]=COCCOCCOCCOc1ccc2c(C)c(C(F)(F)C(F)(F)F)c(=O)oc2c1. The minimum absolute atomic E-state index is 0.0570. The van der Waals surface area contributed by atoms with Crippen molar-refractivity contribution in [1.29, 1.82) is 0 Å². The van der Waals surface area contributed by atoms with Gasteiger partial charge in [0.05, 0.1) is 26.4 Å².